The van der Waals surface area contributed by atoms with Crippen LogP contribution in [-0.2, 0) is 10.0 Å². The molecule has 0 atom stereocenters. The largest absolute Gasteiger partial charge is 0.388 e. The van der Waals surface area contributed by atoms with Crippen LogP contribution in [0.3, 0.4) is 0 Å². The molecular weight excluding hydrogens is 354 g/mol. The molecule has 1 heterocycles. The molecule has 1 saturated heterocycles. The summed E-state index contributed by atoms with van der Waals surface area (Å²) in [5.41, 5.74) is -0.413. The second-order valence-electron chi connectivity index (χ2n) is 7.35. The van der Waals surface area contributed by atoms with Crippen molar-refractivity contribution in [2.75, 3.05) is 39.8 Å². The monoisotopic (exact) mass is 381 g/mol. The fourth-order valence-electron chi connectivity index (χ4n) is 3.51. The first-order chi connectivity index (χ1) is 12.3. The van der Waals surface area contributed by atoms with Crippen molar-refractivity contribution in [3.05, 3.63) is 29.8 Å². The zero-order valence-corrected chi connectivity index (χ0v) is 16.0. The lowest BCUT2D eigenvalue weighted by atomic mass is 10.0. The van der Waals surface area contributed by atoms with E-state index < -0.39 is 15.6 Å². The van der Waals surface area contributed by atoms with Gasteiger partial charge in [-0.15, -0.1) is 0 Å². The third kappa shape index (κ3) is 4.25. The number of carbonyl (C=O) groups excluding carboxylic acids is 1. The first-order valence-corrected chi connectivity index (χ1v) is 10.5. The predicted molar refractivity (Wildman–Crippen MR) is 98.4 cm³/mol. The van der Waals surface area contributed by atoms with Crippen LogP contribution in [0.4, 0.5) is 0 Å². The van der Waals surface area contributed by atoms with Crippen LogP contribution in [0, 0.1) is 0 Å². The molecule has 3 rings (SSSR count). The van der Waals surface area contributed by atoms with Crippen molar-refractivity contribution < 1.29 is 18.3 Å². The number of likely N-dealkylation sites (N-methyl/N-ethyl adjacent to an activating group) is 1. The summed E-state index contributed by atoms with van der Waals surface area (Å²) < 4.78 is 26.9. The molecule has 1 aromatic carbocycles. The first kappa shape index (κ1) is 19.3. The average Bonchev–Trinajstić information content (AvgIpc) is 3.07. The Morgan fingerprint density at radius 3 is 2.27 bits per heavy atom. The van der Waals surface area contributed by atoms with Crippen LogP contribution in [0.25, 0.3) is 0 Å². The summed E-state index contributed by atoms with van der Waals surface area (Å²) in [5, 5.41) is 13.1. The van der Waals surface area contributed by atoms with Crippen LogP contribution in [0.1, 0.15) is 36.0 Å². The Morgan fingerprint density at radius 2 is 1.69 bits per heavy atom. The molecule has 144 valence electrons. The summed E-state index contributed by atoms with van der Waals surface area (Å²) in [6, 6.07) is 6.01. The van der Waals surface area contributed by atoms with E-state index in [-0.39, 0.29) is 17.3 Å². The van der Waals surface area contributed by atoms with Gasteiger partial charge in [0.25, 0.3) is 5.91 Å². The molecule has 0 spiro atoms. The Balaban J connectivity index is 1.63. The first-order valence-electron chi connectivity index (χ1n) is 9.10. The number of benzene rings is 1. The summed E-state index contributed by atoms with van der Waals surface area (Å²) in [7, 11) is -1.56. The van der Waals surface area contributed by atoms with E-state index in [2.05, 4.69) is 10.2 Å². The van der Waals surface area contributed by atoms with Crippen molar-refractivity contribution in [1.82, 2.24) is 14.5 Å². The quantitative estimate of drug-likeness (QED) is 0.782. The van der Waals surface area contributed by atoms with Crippen LogP contribution < -0.4 is 5.32 Å². The minimum Gasteiger partial charge on any atom is -0.388 e. The summed E-state index contributed by atoms with van der Waals surface area (Å²) in [5.74, 6) is -0.297. The highest BCUT2D eigenvalue weighted by molar-refractivity contribution is 7.89. The maximum absolute atomic E-state index is 12.7. The zero-order valence-electron chi connectivity index (χ0n) is 15.1. The Bertz CT molecular complexity index is 734. The lowest BCUT2D eigenvalue weighted by molar-refractivity contribution is 0.0449. The number of carbonyl (C=O) groups is 1. The van der Waals surface area contributed by atoms with Gasteiger partial charge in [-0.2, -0.15) is 4.31 Å². The van der Waals surface area contributed by atoms with E-state index >= 15 is 0 Å². The fraction of sp³-hybridized carbons (Fsp3) is 0.611. The molecule has 2 N–H and O–H groups in total. The zero-order chi connectivity index (χ0) is 18.8. The number of sulfonamides is 1. The third-order valence-electron chi connectivity index (χ3n) is 5.33. The Kier molecular flexibility index (Phi) is 5.67. The van der Waals surface area contributed by atoms with Crippen LogP contribution in [-0.4, -0.2) is 74.0 Å². The van der Waals surface area contributed by atoms with Gasteiger partial charge in [0.1, 0.15) is 0 Å². The standard InChI is InChI=1S/C18H27N3O4S/c1-20-10-12-21(13-11-20)26(24,25)16-6-4-15(5-7-16)17(22)19-14-18(23)8-2-3-9-18/h4-7,23H,2-3,8-14H2,1H3,(H,19,22). The highest BCUT2D eigenvalue weighted by Crippen LogP contribution is 2.28. The summed E-state index contributed by atoms with van der Waals surface area (Å²) in [4.78, 5) is 14.6. The second-order valence-corrected chi connectivity index (χ2v) is 9.28. The number of hydrogen-bond acceptors (Lipinski definition) is 5. The lowest BCUT2D eigenvalue weighted by Crippen LogP contribution is -2.47. The highest BCUT2D eigenvalue weighted by atomic mass is 32.2. The van der Waals surface area contributed by atoms with Gasteiger partial charge in [-0.1, -0.05) is 12.8 Å². The molecule has 0 radical (unpaired) electrons. The van der Waals surface area contributed by atoms with Gasteiger partial charge in [-0.3, -0.25) is 4.79 Å². The Hall–Kier alpha value is -1.48. The van der Waals surface area contributed by atoms with Crippen molar-refractivity contribution in [3.8, 4) is 0 Å². The van der Waals surface area contributed by atoms with Crippen molar-refractivity contribution in [3.63, 3.8) is 0 Å². The van der Waals surface area contributed by atoms with Gasteiger partial charge >= 0.3 is 0 Å². The Labute approximate surface area is 155 Å². The van der Waals surface area contributed by atoms with E-state index in [1.54, 1.807) is 0 Å². The predicted octanol–water partition coefficient (Wildman–Crippen LogP) is 0.658. The summed E-state index contributed by atoms with van der Waals surface area (Å²) in [6.07, 6.45) is 3.36. The summed E-state index contributed by atoms with van der Waals surface area (Å²) in [6.45, 7) is 2.59. The molecular formula is C18H27N3O4S. The van der Waals surface area contributed by atoms with Crippen LogP contribution in [0.5, 0.6) is 0 Å². The molecule has 0 unspecified atom stereocenters. The topological polar surface area (TPSA) is 90.0 Å². The van der Waals surface area contributed by atoms with Gasteiger partial charge in [-0.05, 0) is 44.2 Å². The SMILES string of the molecule is CN1CCN(S(=O)(=O)c2ccc(C(=O)NCC3(O)CCCC3)cc2)CC1. The maximum Gasteiger partial charge on any atom is 0.251 e. The van der Waals surface area contributed by atoms with Gasteiger partial charge in [0.2, 0.25) is 10.0 Å². The molecule has 1 aliphatic heterocycles. The van der Waals surface area contributed by atoms with Crippen molar-refractivity contribution in [1.29, 1.82) is 0 Å². The van der Waals surface area contributed by atoms with E-state index in [0.29, 0.717) is 44.6 Å². The normalized spacial score (nSPS) is 21.6. The molecule has 2 aliphatic rings. The fourth-order valence-corrected chi connectivity index (χ4v) is 4.93. The minimum atomic E-state index is -3.53. The van der Waals surface area contributed by atoms with E-state index in [0.717, 1.165) is 12.8 Å². The minimum absolute atomic E-state index is 0.202. The van der Waals surface area contributed by atoms with Gasteiger partial charge < -0.3 is 15.3 Å². The number of rotatable bonds is 5. The lowest BCUT2D eigenvalue weighted by Gasteiger charge is -2.31. The van der Waals surface area contributed by atoms with Gasteiger partial charge in [0.05, 0.1) is 10.5 Å². The van der Waals surface area contributed by atoms with E-state index in [1.165, 1.54) is 28.6 Å². The third-order valence-corrected chi connectivity index (χ3v) is 7.24. The summed E-state index contributed by atoms with van der Waals surface area (Å²) >= 11 is 0. The van der Waals surface area contributed by atoms with Crippen LogP contribution in [0.2, 0.25) is 0 Å². The molecule has 0 aromatic heterocycles. The molecule has 8 heteroatoms. The number of hydrogen-bond donors (Lipinski definition) is 2. The molecule has 1 aromatic rings. The van der Waals surface area contributed by atoms with Crippen LogP contribution in [0.15, 0.2) is 29.2 Å². The molecule has 1 saturated carbocycles. The van der Waals surface area contributed by atoms with E-state index in [9.17, 15) is 18.3 Å². The maximum atomic E-state index is 12.7. The number of nitrogens with zero attached hydrogens (tertiary/aromatic N) is 2. The number of piperazine rings is 1. The van der Waals surface area contributed by atoms with Crippen molar-refractivity contribution in [2.24, 2.45) is 0 Å². The molecule has 2 fully saturated rings. The number of amides is 1. The molecule has 1 amide bonds. The molecule has 7 nitrogen and oxygen atoms in total. The van der Waals surface area contributed by atoms with Crippen LogP contribution >= 0.6 is 0 Å². The number of aliphatic hydroxyl groups is 1. The van der Waals surface area contributed by atoms with Gasteiger partial charge in [0, 0.05) is 38.3 Å². The van der Waals surface area contributed by atoms with Gasteiger partial charge in [0.15, 0.2) is 0 Å². The molecule has 0 bridgehead atoms. The van der Waals surface area contributed by atoms with E-state index in [4.69, 9.17) is 0 Å². The van der Waals surface area contributed by atoms with Gasteiger partial charge in [-0.25, -0.2) is 8.42 Å². The highest BCUT2D eigenvalue weighted by Gasteiger charge is 2.31. The van der Waals surface area contributed by atoms with E-state index in [1.807, 2.05) is 7.05 Å². The number of nitrogens with one attached hydrogen (secondary N) is 1. The molecule has 1 aliphatic carbocycles. The van der Waals surface area contributed by atoms with Crippen molar-refractivity contribution >= 4 is 15.9 Å². The second kappa shape index (κ2) is 7.64. The molecule has 26 heavy (non-hydrogen) atoms. The Morgan fingerprint density at radius 1 is 1.12 bits per heavy atom. The van der Waals surface area contributed by atoms with Crippen molar-refractivity contribution in [2.45, 2.75) is 36.2 Å². The average molecular weight is 381 g/mol. The smallest absolute Gasteiger partial charge is 0.251 e.